The Morgan fingerprint density at radius 2 is 1.79 bits per heavy atom. The average Bonchev–Trinajstić information content (AvgIpc) is 3.04. The van der Waals surface area contributed by atoms with E-state index in [0.29, 0.717) is 36.1 Å². The molecule has 33 heavy (non-hydrogen) atoms. The second-order valence-corrected chi connectivity index (χ2v) is 9.55. The summed E-state index contributed by atoms with van der Waals surface area (Å²) in [5, 5.41) is 0. The second-order valence-electron chi connectivity index (χ2n) is 8.69. The molecule has 1 heterocycles. The van der Waals surface area contributed by atoms with Crippen LogP contribution in [0.4, 0.5) is 5.69 Å². The Balaban J connectivity index is 1.65. The Kier molecular flexibility index (Phi) is 6.89. The van der Waals surface area contributed by atoms with E-state index in [1.807, 2.05) is 47.4 Å². The van der Waals surface area contributed by atoms with Crippen molar-refractivity contribution in [2.75, 3.05) is 18.6 Å². The minimum atomic E-state index is 0.0275. The Morgan fingerprint density at radius 3 is 2.48 bits per heavy atom. The molecule has 1 aliphatic rings. The van der Waals surface area contributed by atoms with Crippen LogP contribution in [0.25, 0.3) is 11.6 Å². The number of benzene rings is 3. The maximum absolute atomic E-state index is 13.3. The summed E-state index contributed by atoms with van der Waals surface area (Å²) >= 11 is 3.64. The largest absolute Gasteiger partial charge is 0.493 e. The number of hydrogen-bond acceptors (Lipinski definition) is 3. The molecule has 3 aromatic rings. The number of nitrogens with zero attached hydrogens (tertiary/aromatic N) is 1. The van der Waals surface area contributed by atoms with Crippen molar-refractivity contribution in [1.29, 1.82) is 0 Å². The van der Waals surface area contributed by atoms with Gasteiger partial charge in [-0.3, -0.25) is 4.79 Å². The lowest BCUT2D eigenvalue weighted by Crippen LogP contribution is -2.30. The number of aryl methyl sites for hydroxylation is 1. The molecule has 0 unspecified atom stereocenters. The lowest BCUT2D eigenvalue weighted by atomic mass is 10.0. The van der Waals surface area contributed by atoms with Gasteiger partial charge in [0.15, 0.2) is 11.5 Å². The van der Waals surface area contributed by atoms with Gasteiger partial charge in [-0.05, 0) is 64.2 Å². The van der Waals surface area contributed by atoms with Gasteiger partial charge in [-0.1, -0.05) is 61.9 Å². The Hall–Kier alpha value is -3.05. The van der Waals surface area contributed by atoms with Gasteiger partial charge in [0, 0.05) is 17.7 Å². The molecule has 1 amide bonds. The summed E-state index contributed by atoms with van der Waals surface area (Å²) in [4.78, 5) is 15.2. The summed E-state index contributed by atoms with van der Waals surface area (Å²) in [7, 11) is 1.62. The topological polar surface area (TPSA) is 38.8 Å². The van der Waals surface area contributed by atoms with Crippen LogP contribution in [0.3, 0.4) is 0 Å². The molecule has 3 aromatic carbocycles. The Bertz CT molecular complexity index is 1200. The van der Waals surface area contributed by atoms with E-state index < -0.39 is 0 Å². The normalized spacial score (nSPS) is 14.2. The zero-order valence-electron chi connectivity index (χ0n) is 19.4. The predicted molar refractivity (Wildman–Crippen MR) is 138 cm³/mol. The highest BCUT2D eigenvalue weighted by atomic mass is 79.9. The van der Waals surface area contributed by atoms with Crippen molar-refractivity contribution in [3.05, 3.63) is 87.4 Å². The lowest BCUT2D eigenvalue weighted by Gasteiger charge is -2.19. The third-order valence-corrected chi connectivity index (χ3v) is 6.16. The van der Waals surface area contributed by atoms with Crippen LogP contribution in [0.15, 0.2) is 65.1 Å². The second kappa shape index (κ2) is 9.84. The first-order valence-electron chi connectivity index (χ1n) is 11.1. The first kappa shape index (κ1) is 23.1. The molecule has 0 spiro atoms. The molecule has 0 saturated heterocycles. The number of anilines is 1. The summed E-state index contributed by atoms with van der Waals surface area (Å²) in [5.74, 6) is 1.65. The van der Waals surface area contributed by atoms with Gasteiger partial charge in [0.1, 0.15) is 6.61 Å². The summed E-state index contributed by atoms with van der Waals surface area (Å²) in [6, 6.07) is 20.1. The third-order valence-electron chi connectivity index (χ3n) is 5.57. The molecule has 0 saturated carbocycles. The zero-order valence-corrected chi connectivity index (χ0v) is 21.0. The fourth-order valence-electron chi connectivity index (χ4n) is 3.96. The molecule has 0 N–H and O–H groups in total. The Morgan fingerprint density at radius 1 is 1.06 bits per heavy atom. The molecule has 5 heteroatoms. The van der Waals surface area contributed by atoms with Gasteiger partial charge in [-0.25, -0.2) is 0 Å². The van der Waals surface area contributed by atoms with Crippen LogP contribution >= 0.6 is 15.9 Å². The fourth-order valence-corrected chi connectivity index (χ4v) is 4.54. The molecule has 0 aromatic heterocycles. The SMILES string of the molecule is COc1cc(/C=C2\C(=O)N(CC(C)C)c3ccccc32)cc(Br)c1OCc1ccc(C)cc1. The number of halogens is 1. The predicted octanol–water partition coefficient (Wildman–Crippen LogP) is 6.89. The van der Waals surface area contributed by atoms with Crippen molar-refractivity contribution in [3.63, 3.8) is 0 Å². The molecule has 0 bridgehead atoms. The van der Waals surface area contributed by atoms with Crippen molar-refractivity contribution >= 4 is 39.2 Å². The number of amides is 1. The fraction of sp³-hybridized carbons (Fsp3) is 0.250. The zero-order chi connectivity index (χ0) is 23.5. The average molecular weight is 506 g/mol. The standard InChI is InChI=1S/C28H28BrNO3/c1-18(2)16-30-25-8-6-5-7-22(25)23(28(30)31)13-21-14-24(29)27(26(15-21)32-4)33-17-20-11-9-19(3)10-12-20/h5-15,18H,16-17H2,1-4H3/b23-13-. The highest BCUT2D eigenvalue weighted by molar-refractivity contribution is 9.10. The number of carbonyl (C=O) groups is 1. The number of methoxy groups -OCH3 is 1. The highest BCUT2D eigenvalue weighted by Gasteiger charge is 2.32. The van der Waals surface area contributed by atoms with Crippen LogP contribution in [-0.2, 0) is 11.4 Å². The summed E-state index contributed by atoms with van der Waals surface area (Å²) in [6.07, 6.45) is 1.93. The molecule has 0 radical (unpaired) electrons. The lowest BCUT2D eigenvalue weighted by molar-refractivity contribution is -0.113. The van der Waals surface area contributed by atoms with E-state index in [2.05, 4.69) is 61.0 Å². The highest BCUT2D eigenvalue weighted by Crippen LogP contribution is 2.41. The van der Waals surface area contributed by atoms with Crippen LogP contribution in [-0.4, -0.2) is 19.6 Å². The first-order valence-corrected chi connectivity index (χ1v) is 11.9. The summed E-state index contributed by atoms with van der Waals surface area (Å²) in [6.45, 7) is 7.43. The number of fused-ring (bicyclic) bond motifs is 1. The molecule has 1 aliphatic heterocycles. The first-order chi connectivity index (χ1) is 15.9. The van der Waals surface area contributed by atoms with Gasteiger partial charge in [-0.2, -0.15) is 0 Å². The van der Waals surface area contributed by atoms with Crippen molar-refractivity contribution in [2.24, 2.45) is 5.92 Å². The van der Waals surface area contributed by atoms with Crippen molar-refractivity contribution in [1.82, 2.24) is 0 Å². The maximum Gasteiger partial charge on any atom is 0.259 e. The van der Waals surface area contributed by atoms with Crippen LogP contribution in [0.5, 0.6) is 11.5 Å². The van der Waals surface area contributed by atoms with Gasteiger partial charge < -0.3 is 14.4 Å². The number of para-hydroxylation sites is 1. The quantitative estimate of drug-likeness (QED) is 0.328. The van der Waals surface area contributed by atoms with E-state index in [9.17, 15) is 4.79 Å². The van der Waals surface area contributed by atoms with E-state index in [4.69, 9.17) is 9.47 Å². The summed E-state index contributed by atoms with van der Waals surface area (Å²) < 4.78 is 12.5. The van der Waals surface area contributed by atoms with Crippen molar-refractivity contribution < 1.29 is 14.3 Å². The van der Waals surface area contributed by atoms with E-state index >= 15 is 0 Å². The van der Waals surface area contributed by atoms with Crippen LogP contribution in [0.2, 0.25) is 0 Å². The number of carbonyl (C=O) groups excluding carboxylic acids is 1. The van der Waals surface area contributed by atoms with Crippen LogP contribution < -0.4 is 14.4 Å². The van der Waals surface area contributed by atoms with E-state index in [1.165, 1.54) is 5.56 Å². The molecule has 0 fully saturated rings. The van der Waals surface area contributed by atoms with Crippen LogP contribution in [0.1, 0.15) is 36.1 Å². The van der Waals surface area contributed by atoms with Gasteiger partial charge in [0.25, 0.3) is 5.91 Å². The molecular weight excluding hydrogens is 478 g/mol. The van der Waals surface area contributed by atoms with Gasteiger partial charge in [0.05, 0.1) is 17.3 Å². The summed E-state index contributed by atoms with van der Waals surface area (Å²) in [5.41, 5.74) is 5.77. The van der Waals surface area contributed by atoms with Crippen LogP contribution in [0, 0.1) is 12.8 Å². The van der Waals surface area contributed by atoms with E-state index in [1.54, 1.807) is 7.11 Å². The molecule has 170 valence electrons. The third kappa shape index (κ3) is 4.98. The molecule has 4 nitrogen and oxygen atoms in total. The van der Waals surface area contributed by atoms with Crippen molar-refractivity contribution in [2.45, 2.75) is 27.4 Å². The Labute approximate surface area is 204 Å². The molecule has 0 atom stereocenters. The minimum Gasteiger partial charge on any atom is -0.493 e. The molecule has 4 rings (SSSR count). The van der Waals surface area contributed by atoms with Gasteiger partial charge in [0.2, 0.25) is 0 Å². The number of rotatable bonds is 7. The van der Waals surface area contributed by atoms with Gasteiger partial charge >= 0.3 is 0 Å². The molecule has 0 aliphatic carbocycles. The molecular formula is C28H28BrNO3. The van der Waals surface area contributed by atoms with Gasteiger partial charge in [-0.15, -0.1) is 0 Å². The minimum absolute atomic E-state index is 0.0275. The monoisotopic (exact) mass is 505 g/mol. The maximum atomic E-state index is 13.3. The van der Waals surface area contributed by atoms with E-state index in [-0.39, 0.29) is 5.91 Å². The van der Waals surface area contributed by atoms with E-state index in [0.717, 1.165) is 26.9 Å². The number of hydrogen-bond donors (Lipinski definition) is 0. The smallest absolute Gasteiger partial charge is 0.259 e. The number of ether oxygens (including phenoxy) is 2. The van der Waals surface area contributed by atoms with Crippen molar-refractivity contribution in [3.8, 4) is 11.5 Å².